The van der Waals surface area contributed by atoms with Crippen molar-refractivity contribution in [2.75, 3.05) is 50.7 Å². The number of alkyl halides is 3. The van der Waals surface area contributed by atoms with Gasteiger partial charge in [0.05, 0.1) is 31.9 Å². The number of aromatic nitrogens is 5. The maximum absolute atomic E-state index is 14.3. The molecule has 2 aromatic heterocycles. The normalized spacial score (nSPS) is 18.9. The van der Waals surface area contributed by atoms with Gasteiger partial charge in [0.25, 0.3) is 6.43 Å². The quantitative estimate of drug-likeness (QED) is 0.456. The summed E-state index contributed by atoms with van der Waals surface area (Å²) in [6, 6.07) is 4.64. The highest BCUT2D eigenvalue weighted by atomic mass is 35.5. The highest BCUT2D eigenvalue weighted by Gasteiger charge is 2.31. The predicted octanol–water partition coefficient (Wildman–Crippen LogP) is 2.79. The maximum atomic E-state index is 14.3. The first kappa shape index (κ1) is 25.5. The molecule has 1 amide bonds. The van der Waals surface area contributed by atoms with Crippen LogP contribution in [0.4, 0.5) is 14.7 Å². The topological polar surface area (TPSA) is 111 Å². The van der Waals surface area contributed by atoms with Crippen molar-refractivity contribution >= 4 is 34.5 Å². The van der Waals surface area contributed by atoms with Crippen molar-refractivity contribution in [2.45, 2.75) is 31.7 Å². The smallest absolute Gasteiger partial charge is 0.296 e. The van der Waals surface area contributed by atoms with E-state index >= 15 is 0 Å². The number of carbonyl (C=O) groups excluding carboxylic acids is 1. The highest BCUT2D eigenvalue weighted by Crippen LogP contribution is 2.33. The van der Waals surface area contributed by atoms with Gasteiger partial charge in [-0.15, -0.1) is 11.6 Å². The van der Waals surface area contributed by atoms with Gasteiger partial charge in [0, 0.05) is 19.6 Å². The fourth-order valence-electron chi connectivity index (χ4n) is 4.66. The largest absolute Gasteiger partial charge is 0.494 e. The number of rotatable bonds is 7. The number of nitrogens with zero attached hydrogens (tertiary/aromatic N) is 7. The van der Waals surface area contributed by atoms with Crippen molar-refractivity contribution in [3.63, 3.8) is 0 Å². The molecule has 11 nitrogen and oxygen atoms in total. The van der Waals surface area contributed by atoms with Crippen LogP contribution in [0.15, 0.2) is 18.2 Å². The molecular weight excluding hydrogens is 510 g/mol. The summed E-state index contributed by atoms with van der Waals surface area (Å²) < 4.78 is 40.6. The molecule has 2 saturated heterocycles. The second-order valence-corrected chi connectivity index (χ2v) is 8.97. The third-order valence-corrected chi connectivity index (χ3v) is 6.65. The highest BCUT2D eigenvalue weighted by molar-refractivity contribution is 6.27. The van der Waals surface area contributed by atoms with E-state index in [4.69, 9.17) is 26.1 Å². The summed E-state index contributed by atoms with van der Waals surface area (Å²) in [4.78, 5) is 32.2. The monoisotopic (exact) mass is 536 g/mol. The van der Waals surface area contributed by atoms with Gasteiger partial charge in [0.2, 0.25) is 17.8 Å². The van der Waals surface area contributed by atoms with E-state index < -0.39 is 12.2 Å². The molecule has 2 aliphatic rings. The average molecular weight is 537 g/mol. The Labute approximate surface area is 216 Å². The van der Waals surface area contributed by atoms with Gasteiger partial charge in [-0.3, -0.25) is 14.8 Å². The van der Waals surface area contributed by atoms with Gasteiger partial charge in [-0.2, -0.15) is 15.0 Å². The molecule has 5 rings (SSSR count). The van der Waals surface area contributed by atoms with Crippen molar-refractivity contribution in [3.05, 3.63) is 29.8 Å². The zero-order chi connectivity index (χ0) is 25.9. The van der Waals surface area contributed by atoms with Crippen molar-refractivity contribution in [1.29, 1.82) is 0 Å². The Kier molecular flexibility index (Phi) is 7.63. The third kappa shape index (κ3) is 5.15. The summed E-state index contributed by atoms with van der Waals surface area (Å²) >= 11 is 5.72. The van der Waals surface area contributed by atoms with Gasteiger partial charge in [0.15, 0.2) is 11.6 Å². The number of hydrazine groups is 1. The minimum absolute atomic E-state index is 0.0201. The molecule has 2 aliphatic heterocycles. The van der Waals surface area contributed by atoms with E-state index in [1.807, 2.05) is 4.90 Å². The maximum Gasteiger partial charge on any atom is 0.296 e. The molecule has 1 aromatic carbocycles. The van der Waals surface area contributed by atoms with Crippen LogP contribution >= 0.6 is 11.6 Å². The minimum Gasteiger partial charge on any atom is -0.494 e. The summed E-state index contributed by atoms with van der Waals surface area (Å²) in [5.41, 5.74) is 3.48. The summed E-state index contributed by atoms with van der Waals surface area (Å²) in [5, 5.41) is 1.76. The Hall–Kier alpha value is -3.16. The predicted molar refractivity (Wildman–Crippen MR) is 131 cm³/mol. The van der Waals surface area contributed by atoms with Crippen LogP contribution in [-0.4, -0.2) is 81.3 Å². The van der Waals surface area contributed by atoms with Crippen LogP contribution in [0.2, 0.25) is 0 Å². The molecular formula is C23H27ClF2N8O3. The Balaban J connectivity index is 1.68. The fourth-order valence-corrected chi connectivity index (χ4v) is 4.72. The van der Waals surface area contributed by atoms with Crippen molar-refractivity contribution in [3.8, 4) is 11.7 Å². The summed E-state index contributed by atoms with van der Waals surface area (Å²) in [6.45, 7) is 2.64. The van der Waals surface area contributed by atoms with E-state index in [-0.39, 0.29) is 29.3 Å². The Morgan fingerprint density at radius 3 is 2.68 bits per heavy atom. The average Bonchev–Trinajstić information content (AvgIpc) is 3.34. The zero-order valence-corrected chi connectivity index (χ0v) is 21.0. The Bertz CT molecular complexity index is 1270. The molecule has 1 atom stereocenters. The van der Waals surface area contributed by atoms with Crippen LogP contribution in [0.3, 0.4) is 0 Å². The number of hydrogen-bond donors (Lipinski definition) is 1. The first-order valence-electron chi connectivity index (χ1n) is 12.0. The van der Waals surface area contributed by atoms with Gasteiger partial charge >= 0.3 is 0 Å². The lowest BCUT2D eigenvalue weighted by molar-refractivity contribution is -0.125. The SMILES string of the molecule is COc1cccc2c1nc(C(F)F)n2-c1nc([C@@H]2CCCCN2NC(=O)CCl)nc(N2CCOCC2)n1. The van der Waals surface area contributed by atoms with Gasteiger partial charge in [0.1, 0.15) is 17.1 Å². The molecule has 14 heteroatoms. The van der Waals surface area contributed by atoms with E-state index in [0.29, 0.717) is 62.3 Å². The first-order chi connectivity index (χ1) is 18.0. The van der Waals surface area contributed by atoms with Crippen molar-refractivity contribution < 1.29 is 23.0 Å². The minimum atomic E-state index is -2.89. The lowest BCUT2D eigenvalue weighted by atomic mass is 10.0. The molecule has 1 N–H and O–H groups in total. The molecule has 4 heterocycles. The number of carbonyl (C=O) groups is 1. The van der Waals surface area contributed by atoms with Gasteiger partial charge < -0.3 is 14.4 Å². The van der Waals surface area contributed by atoms with Gasteiger partial charge in [-0.1, -0.05) is 12.5 Å². The number of anilines is 1. The number of nitrogens with one attached hydrogen (secondary N) is 1. The van der Waals surface area contributed by atoms with Gasteiger partial charge in [-0.25, -0.2) is 18.8 Å². The molecule has 0 bridgehead atoms. The Morgan fingerprint density at radius 2 is 1.95 bits per heavy atom. The number of benzene rings is 1. The number of halogens is 3. The van der Waals surface area contributed by atoms with Crippen LogP contribution in [0.5, 0.6) is 5.75 Å². The van der Waals surface area contributed by atoms with E-state index in [0.717, 1.165) is 12.8 Å². The fraction of sp³-hybridized carbons (Fsp3) is 0.522. The second kappa shape index (κ2) is 11.1. The number of imidazole rings is 1. The number of ether oxygens (including phenoxy) is 2. The van der Waals surface area contributed by atoms with Crippen molar-refractivity contribution in [2.24, 2.45) is 0 Å². The first-order valence-corrected chi connectivity index (χ1v) is 12.6. The molecule has 0 radical (unpaired) electrons. The molecule has 0 unspecified atom stereocenters. The van der Waals surface area contributed by atoms with Crippen LogP contribution in [0.1, 0.15) is 43.4 Å². The summed E-state index contributed by atoms with van der Waals surface area (Å²) in [7, 11) is 1.46. The summed E-state index contributed by atoms with van der Waals surface area (Å²) in [5.74, 6) is 0.0680. The van der Waals surface area contributed by atoms with E-state index in [1.165, 1.54) is 11.7 Å². The van der Waals surface area contributed by atoms with Gasteiger partial charge in [-0.05, 0) is 25.0 Å². The second-order valence-electron chi connectivity index (χ2n) is 8.70. The molecule has 0 spiro atoms. The number of fused-ring (bicyclic) bond motifs is 1. The number of methoxy groups -OCH3 is 1. The van der Waals surface area contributed by atoms with E-state index in [1.54, 1.807) is 23.2 Å². The zero-order valence-electron chi connectivity index (χ0n) is 20.2. The molecule has 37 heavy (non-hydrogen) atoms. The number of para-hydroxylation sites is 1. The van der Waals surface area contributed by atoms with Crippen molar-refractivity contribution in [1.82, 2.24) is 34.9 Å². The van der Waals surface area contributed by atoms with Crippen LogP contribution < -0.4 is 15.1 Å². The lowest BCUT2D eigenvalue weighted by Crippen LogP contribution is -2.48. The molecule has 0 saturated carbocycles. The Morgan fingerprint density at radius 1 is 1.16 bits per heavy atom. The molecule has 2 fully saturated rings. The van der Waals surface area contributed by atoms with E-state index in [2.05, 4.69) is 20.4 Å². The van der Waals surface area contributed by atoms with Crippen LogP contribution in [0, 0.1) is 0 Å². The van der Waals surface area contributed by atoms with Crippen LogP contribution in [-0.2, 0) is 9.53 Å². The van der Waals surface area contributed by atoms with E-state index in [9.17, 15) is 13.6 Å². The molecule has 0 aliphatic carbocycles. The lowest BCUT2D eigenvalue weighted by Gasteiger charge is -2.35. The number of hydrogen-bond acceptors (Lipinski definition) is 9. The number of amides is 1. The number of morpholine rings is 1. The standard InChI is InChI=1S/C23H27ClF2N8O3/c1-36-16-7-4-6-14-18(16)27-21(19(25)26)34(14)23-29-20(28-22(30-23)32-9-11-37-12-10-32)15-5-2-3-8-33(15)31-17(35)13-24/h4,6-7,15,19H,2-3,5,8-13H2,1H3,(H,31,35)/t15-/m0/s1. The third-order valence-electron chi connectivity index (χ3n) is 6.40. The summed E-state index contributed by atoms with van der Waals surface area (Å²) in [6.07, 6.45) is -0.471. The molecule has 198 valence electrons. The number of piperidine rings is 1. The van der Waals surface area contributed by atoms with Crippen LogP contribution in [0.25, 0.3) is 17.0 Å². The molecule has 3 aromatic rings.